The lowest BCUT2D eigenvalue weighted by Crippen LogP contribution is -2.51. The highest BCUT2D eigenvalue weighted by molar-refractivity contribution is 6.74. The van der Waals surface area contributed by atoms with Crippen LogP contribution in [0.2, 0.25) is 18.1 Å². The van der Waals surface area contributed by atoms with Gasteiger partial charge in [-0.3, -0.25) is 9.59 Å². The third-order valence-electron chi connectivity index (χ3n) is 11.2. The molecule has 3 heterocycles. The van der Waals surface area contributed by atoms with Gasteiger partial charge in [0.15, 0.2) is 14.4 Å². The molecule has 5 rings (SSSR count). The first-order chi connectivity index (χ1) is 26.6. The van der Waals surface area contributed by atoms with Gasteiger partial charge < -0.3 is 33.0 Å². The highest BCUT2D eigenvalue weighted by Gasteiger charge is 2.48. The van der Waals surface area contributed by atoms with Crippen LogP contribution in [0.3, 0.4) is 0 Å². The van der Waals surface area contributed by atoms with Crippen LogP contribution in [0.25, 0.3) is 11.3 Å². The molecule has 2 saturated heterocycles. The van der Waals surface area contributed by atoms with Gasteiger partial charge in [-0.15, -0.1) is 0 Å². The van der Waals surface area contributed by atoms with Crippen molar-refractivity contribution in [2.24, 2.45) is 11.8 Å². The summed E-state index contributed by atoms with van der Waals surface area (Å²) in [5.74, 6) is -2.39. The van der Waals surface area contributed by atoms with Crippen LogP contribution in [0.1, 0.15) is 85.7 Å². The minimum Gasteiger partial charge on any atom is -0.453 e. The van der Waals surface area contributed by atoms with Gasteiger partial charge in [-0.1, -0.05) is 51.1 Å². The van der Waals surface area contributed by atoms with E-state index in [9.17, 15) is 18.8 Å². The maximum absolute atomic E-state index is 15.4. The van der Waals surface area contributed by atoms with Gasteiger partial charge in [-0.25, -0.2) is 18.6 Å². The van der Waals surface area contributed by atoms with Crippen molar-refractivity contribution in [3.8, 4) is 11.3 Å². The fraction of sp³-hybridized carbons (Fsp3) is 0.581. The molecule has 0 spiro atoms. The van der Waals surface area contributed by atoms with Crippen molar-refractivity contribution in [1.82, 2.24) is 19.4 Å². The molecule has 57 heavy (non-hydrogen) atoms. The average Bonchev–Trinajstić information content (AvgIpc) is 3.71. The van der Waals surface area contributed by atoms with E-state index in [1.54, 1.807) is 22.9 Å². The summed E-state index contributed by atoms with van der Waals surface area (Å²) >= 11 is 0. The van der Waals surface area contributed by atoms with E-state index in [1.807, 2.05) is 55.7 Å². The van der Waals surface area contributed by atoms with Crippen LogP contribution in [0.15, 0.2) is 54.7 Å². The Morgan fingerprint density at radius 3 is 2.28 bits per heavy atom. The van der Waals surface area contributed by atoms with Gasteiger partial charge in [0, 0.05) is 64.0 Å². The monoisotopic (exact) mass is 810 g/mol. The smallest absolute Gasteiger partial charge is 0.410 e. The van der Waals surface area contributed by atoms with E-state index >= 15 is 4.39 Å². The SMILES string of the molecule is CC(=O)O[C@@H](C)C(=O)N(CC1CN(C(=O)OC(C)(C)C)CC1O[Si](C)(C)C(C)(C)C)C(c1nc(-c2cc(F)ccc2F)cn1Cc1ccccc1)C1CCOCC1. The summed E-state index contributed by atoms with van der Waals surface area (Å²) in [4.78, 5) is 49.3. The summed E-state index contributed by atoms with van der Waals surface area (Å²) in [6.45, 7) is 20.9. The Morgan fingerprint density at radius 1 is 1.00 bits per heavy atom. The number of halogens is 2. The second kappa shape index (κ2) is 17.8. The minimum atomic E-state index is -2.42. The zero-order valence-corrected chi connectivity index (χ0v) is 36.1. The van der Waals surface area contributed by atoms with Gasteiger partial charge in [-0.05, 0) is 88.3 Å². The zero-order valence-electron chi connectivity index (χ0n) is 35.1. The second-order valence-electron chi connectivity index (χ2n) is 17.9. The number of hydrogen-bond acceptors (Lipinski definition) is 8. The molecule has 0 radical (unpaired) electrons. The molecule has 2 fully saturated rings. The first-order valence-electron chi connectivity index (χ1n) is 19.9. The fourth-order valence-corrected chi connectivity index (χ4v) is 8.72. The molecule has 0 N–H and O–H groups in total. The number of nitrogens with zero attached hydrogens (tertiary/aromatic N) is 4. The molecule has 3 aromatic rings. The number of esters is 1. The third-order valence-corrected chi connectivity index (χ3v) is 15.7. The van der Waals surface area contributed by atoms with Crippen molar-refractivity contribution in [3.63, 3.8) is 0 Å². The predicted octanol–water partition coefficient (Wildman–Crippen LogP) is 8.38. The summed E-state index contributed by atoms with van der Waals surface area (Å²) in [5, 5.41) is -0.147. The molecule has 0 aliphatic carbocycles. The summed E-state index contributed by atoms with van der Waals surface area (Å²) in [7, 11) is -2.42. The molecule has 1 aromatic heterocycles. The summed E-state index contributed by atoms with van der Waals surface area (Å²) < 4.78 is 56.2. The quantitative estimate of drug-likeness (QED) is 0.133. The van der Waals surface area contributed by atoms with Crippen molar-refractivity contribution < 1.29 is 41.8 Å². The molecule has 2 amide bonds. The molecule has 14 heteroatoms. The Labute approximate surface area is 337 Å². The Balaban J connectivity index is 1.68. The fourth-order valence-electron chi connectivity index (χ4n) is 7.34. The molecule has 2 aromatic carbocycles. The van der Waals surface area contributed by atoms with Gasteiger partial charge >= 0.3 is 12.1 Å². The number of amides is 2. The van der Waals surface area contributed by atoms with Crippen molar-refractivity contribution in [2.45, 2.75) is 117 Å². The molecular weight excluding hydrogens is 751 g/mol. The Kier molecular flexibility index (Phi) is 13.7. The van der Waals surface area contributed by atoms with Crippen molar-refractivity contribution in [3.05, 3.63) is 77.8 Å². The number of hydrogen-bond donors (Lipinski definition) is 0. The molecule has 2 aliphatic rings. The van der Waals surface area contributed by atoms with E-state index in [-0.39, 0.29) is 47.8 Å². The minimum absolute atomic E-state index is 0.00780. The summed E-state index contributed by atoms with van der Waals surface area (Å²) in [6, 6.07) is 12.2. The topological polar surface area (TPSA) is 112 Å². The lowest BCUT2D eigenvalue weighted by Gasteiger charge is -2.43. The molecular formula is C43H60F2N4O7Si. The zero-order chi connectivity index (χ0) is 41.9. The molecule has 3 unspecified atom stereocenters. The van der Waals surface area contributed by atoms with E-state index in [2.05, 4.69) is 33.9 Å². The van der Waals surface area contributed by atoms with Gasteiger partial charge in [0.25, 0.3) is 5.91 Å². The largest absolute Gasteiger partial charge is 0.453 e. The van der Waals surface area contributed by atoms with E-state index in [4.69, 9.17) is 23.6 Å². The summed E-state index contributed by atoms with van der Waals surface area (Å²) in [6.07, 6.45) is 0.780. The van der Waals surface area contributed by atoms with E-state index < -0.39 is 61.8 Å². The number of ether oxygens (including phenoxy) is 3. The Bertz CT molecular complexity index is 1870. The number of carbonyl (C=O) groups excluding carboxylic acids is 3. The van der Waals surface area contributed by atoms with Crippen LogP contribution in [0.4, 0.5) is 13.6 Å². The molecule has 0 saturated carbocycles. The van der Waals surface area contributed by atoms with E-state index in [0.717, 1.165) is 23.8 Å². The maximum Gasteiger partial charge on any atom is 0.410 e. The normalized spacial score (nSPS) is 19.3. The molecule has 2 aliphatic heterocycles. The van der Waals surface area contributed by atoms with Crippen molar-refractivity contribution in [1.29, 1.82) is 0 Å². The highest BCUT2D eigenvalue weighted by atomic mass is 28.4. The number of rotatable bonds is 12. The highest BCUT2D eigenvalue weighted by Crippen LogP contribution is 2.42. The lowest BCUT2D eigenvalue weighted by atomic mass is 9.88. The van der Waals surface area contributed by atoms with Gasteiger partial charge in [0.2, 0.25) is 0 Å². The van der Waals surface area contributed by atoms with Crippen molar-refractivity contribution >= 4 is 26.3 Å². The van der Waals surface area contributed by atoms with Crippen LogP contribution < -0.4 is 0 Å². The Morgan fingerprint density at radius 2 is 1.67 bits per heavy atom. The van der Waals surface area contributed by atoms with E-state index in [0.29, 0.717) is 38.4 Å². The molecule has 4 atom stereocenters. The number of aromatic nitrogens is 2. The number of benzene rings is 2. The van der Waals surface area contributed by atoms with Crippen LogP contribution in [0.5, 0.6) is 0 Å². The van der Waals surface area contributed by atoms with Gasteiger partial charge in [0.05, 0.1) is 17.8 Å². The molecule has 0 bridgehead atoms. The maximum atomic E-state index is 15.4. The molecule has 11 nitrogen and oxygen atoms in total. The standard InChI is InChI=1S/C43H60F2N4O7Si/c1-28(54-29(2)50)40(51)49(25-32-24-48(41(52)55-42(3,4)5)27-37(32)56-57(9,10)43(6,7)8)38(31-18-20-53-21-19-31)39-46-36(34-22-33(44)16-17-35(34)45)26-47(39)23-30-14-12-11-13-15-30/h11-17,22,26,28,31-32,37-38H,18-21,23-25,27H2,1-10H3/t28-,32?,37?,38?/m0/s1. The first kappa shape index (κ1) is 44.0. The predicted molar refractivity (Wildman–Crippen MR) is 216 cm³/mol. The Hall–Kier alpha value is -4.14. The first-order valence-corrected chi connectivity index (χ1v) is 22.8. The van der Waals surface area contributed by atoms with Crippen LogP contribution in [-0.2, 0) is 34.8 Å². The third kappa shape index (κ3) is 11.1. The van der Waals surface area contributed by atoms with Crippen LogP contribution >= 0.6 is 0 Å². The van der Waals surface area contributed by atoms with Crippen LogP contribution in [0, 0.1) is 23.5 Å². The average molecular weight is 811 g/mol. The van der Waals surface area contributed by atoms with E-state index in [1.165, 1.54) is 6.92 Å². The van der Waals surface area contributed by atoms with Gasteiger partial charge in [0.1, 0.15) is 23.1 Å². The van der Waals surface area contributed by atoms with Crippen molar-refractivity contribution in [2.75, 3.05) is 32.8 Å². The number of likely N-dealkylation sites (tertiary alicyclic amines) is 1. The lowest BCUT2D eigenvalue weighted by molar-refractivity contribution is -0.160. The van der Waals surface area contributed by atoms with Crippen LogP contribution in [-0.4, -0.2) is 96.3 Å². The van der Waals surface area contributed by atoms with Gasteiger partial charge in [-0.2, -0.15) is 0 Å². The second-order valence-corrected chi connectivity index (χ2v) is 22.7. The summed E-state index contributed by atoms with van der Waals surface area (Å²) in [5.41, 5.74) is 0.416. The number of imidazole rings is 1. The molecule has 312 valence electrons. The number of carbonyl (C=O) groups is 3.